The summed E-state index contributed by atoms with van der Waals surface area (Å²) in [6, 6.07) is 11.9. The van der Waals surface area contributed by atoms with Crippen LogP contribution in [0.15, 0.2) is 42.6 Å². The van der Waals surface area contributed by atoms with Crippen molar-refractivity contribution in [3.8, 4) is 5.88 Å². The number of pyridine rings is 1. The fourth-order valence-electron chi connectivity index (χ4n) is 2.99. The molecule has 0 aliphatic carbocycles. The van der Waals surface area contributed by atoms with Gasteiger partial charge in [0.1, 0.15) is 0 Å². The second-order valence-electron chi connectivity index (χ2n) is 6.68. The summed E-state index contributed by atoms with van der Waals surface area (Å²) in [6.45, 7) is 7.91. The molecular weight excluding hydrogens is 356 g/mol. The van der Waals surface area contributed by atoms with E-state index in [9.17, 15) is 4.79 Å². The average molecular weight is 384 g/mol. The van der Waals surface area contributed by atoms with E-state index in [1.165, 1.54) is 5.56 Å². The second-order valence-corrected chi connectivity index (χ2v) is 6.68. The minimum atomic E-state index is -0.202. The minimum absolute atomic E-state index is 0.202. The third-order valence-corrected chi connectivity index (χ3v) is 4.53. The lowest BCUT2D eigenvalue weighted by Gasteiger charge is -2.26. The van der Waals surface area contributed by atoms with Gasteiger partial charge in [0, 0.05) is 45.0 Å². The topological polar surface area (TPSA) is 75.7 Å². The van der Waals surface area contributed by atoms with E-state index in [1.807, 2.05) is 19.1 Å². The molecule has 2 aromatic rings. The van der Waals surface area contributed by atoms with Crippen LogP contribution >= 0.6 is 0 Å². The van der Waals surface area contributed by atoms with Crippen molar-refractivity contribution in [2.24, 2.45) is 0 Å². The van der Waals surface area contributed by atoms with E-state index >= 15 is 0 Å². The molecule has 7 heteroatoms. The summed E-state index contributed by atoms with van der Waals surface area (Å²) in [6.07, 6.45) is 1.68. The highest BCUT2D eigenvalue weighted by molar-refractivity contribution is 5.73. The zero-order valence-electron chi connectivity index (χ0n) is 16.3. The Balaban J connectivity index is 1.39. The fraction of sp³-hybridized carbons (Fsp3) is 0.429. The molecule has 1 saturated heterocycles. The number of carbonyl (C=O) groups excluding carboxylic acids is 1. The molecule has 2 amide bonds. The Kier molecular flexibility index (Phi) is 7.63. The van der Waals surface area contributed by atoms with Gasteiger partial charge < -0.3 is 20.1 Å². The summed E-state index contributed by atoms with van der Waals surface area (Å²) >= 11 is 0. The van der Waals surface area contributed by atoms with Gasteiger partial charge in [-0.25, -0.2) is 9.78 Å². The fourth-order valence-corrected chi connectivity index (χ4v) is 2.99. The molecule has 3 rings (SSSR count). The highest BCUT2D eigenvalue weighted by atomic mass is 16.5. The Labute approximate surface area is 166 Å². The van der Waals surface area contributed by atoms with Gasteiger partial charge in [-0.05, 0) is 29.7 Å². The Morgan fingerprint density at radius 3 is 2.46 bits per heavy atom. The Morgan fingerprint density at radius 2 is 1.75 bits per heavy atom. The molecule has 1 aliphatic heterocycles. The van der Waals surface area contributed by atoms with Crippen LogP contribution < -0.4 is 15.4 Å². The molecular formula is C21H28N4O3. The van der Waals surface area contributed by atoms with Crippen LogP contribution in [0.5, 0.6) is 5.88 Å². The molecule has 150 valence electrons. The van der Waals surface area contributed by atoms with Crippen molar-refractivity contribution in [3.05, 3.63) is 59.3 Å². The van der Waals surface area contributed by atoms with E-state index in [1.54, 1.807) is 6.20 Å². The first-order valence-electron chi connectivity index (χ1n) is 9.70. The van der Waals surface area contributed by atoms with Crippen LogP contribution in [-0.4, -0.2) is 48.8 Å². The molecule has 0 saturated carbocycles. The smallest absolute Gasteiger partial charge is 0.315 e. The van der Waals surface area contributed by atoms with Crippen LogP contribution in [0.25, 0.3) is 0 Å². The van der Waals surface area contributed by atoms with Crippen molar-refractivity contribution >= 4 is 6.03 Å². The Morgan fingerprint density at radius 1 is 1.07 bits per heavy atom. The van der Waals surface area contributed by atoms with E-state index in [4.69, 9.17) is 9.47 Å². The van der Waals surface area contributed by atoms with E-state index in [-0.39, 0.29) is 6.03 Å². The van der Waals surface area contributed by atoms with Crippen LogP contribution in [-0.2, 0) is 24.4 Å². The van der Waals surface area contributed by atoms with Gasteiger partial charge >= 0.3 is 6.03 Å². The highest BCUT2D eigenvalue weighted by Gasteiger charge is 2.10. The van der Waals surface area contributed by atoms with Gasteiger partial charge in [0.25, 0.3) is 0 Å². The van der Waals surface area contributed by atoms with Gasteiger partial charge in [-0.3, -0.25) is 4.90 Å². The number of ether oxygens (including phenoxy) is 2. The number of nitrogens with one attached hydrogen (secondary N) is 2. The molecule has 1 aromatic heterocycles. The van der Waals surface area contributed by atoms with E-state index in [2.05, 4.69) is 44.8 Å². The number of hydrogen-bond acceptors (Lipinski definition) is 5. The maximum Gasteiger partial charge on any atom is 0.315 e. The molecule has 7 nitrogen and oxygen atoms in total. The molecule has 2 N–H and O–H groups in total. The van der Waals surface area contributed by atoms with Crippen molar-refractivity contribution in [2.75, 3.05) is 32.9 Å². The van der Waals surface area contributed by atoms with Crippen molar-refractivity contribution in [1.29, 1.82) is 0 Å². The van der Waals surface area contributed by atoms with Crippen LogP contribution in [0.4, 0.5) is 4.79 Å². The summed E-state index contributed by atoms with van der Waals surface area (Å²) < 4.78 is 10.7. The van der Waals surface area contributed by atoms with Gasteiger partial charge in [0.15, 0.2) is 0 Å². The van der Waals surface area contributed by atoms with Crippen molar-refractivity contribution in [2.45, 2.75) is 26.6 Å². The molecule has 1 aromatic carbocycles. The first kappa shape index (κ1) is 20.1. The van der Waals surface area contributed by atoms with Gasteiger partial charge in [-0.1, -0.05) is 24.3 Å². The maximum atomic E-state index is 12.0. The van der Waals surface area contributed by atoms with Crippen LogP contribution in [0.3, 0.4) is 0 Å². The number of morpholine rings is 1. The predicted octanol–water partition coefficient (Wildman–Crippen LogP) is 2.31. The summed E-state index contributed by atoms with van der Waals surface area (Å²) in [7, 11) is 0. The molecule has 1 fully saturated rings. The first-order chi connectivity index (χ1) is 13.7. The molecule has 0 atom stereocenters. The molecule has 2 heterocycles. The van der Waals surface area contributed by atoms with Crippen LogP contribution in [0.1, 0.15) is 23.6 Å². The number of hydrogen-bond donors (Lipinski definition) is 2. The molecule has 28 heavy (non-hydrogen) atoms. The largest absolute Gasteiger partial charge is 0.478 e. The van der Waals surface area contributed by atoms with Gasteiger partial charge in [0.2, 0.25) is 5.88 Å². The number of rotatable bonds is 8. The van der Waals surface area contributed by atoms with Crippen molar-refractivity contribution in [1.82, 2.24) is 20.5 Å². The summed E-state index contributed by atoms with van der Waals surface area (Å²) in [5.41, 5.74) is 3.29. The molecule has 1 aliphatic rings. The number of nitrogens with zero attached hydrogens (tertiary/aromatic N) is 2. The summed E-state index contributed by atoms with van der Waals surface area (Å²) in [4.78, 5) is 18.5. The predicted molar refractivity (Wildman–Crippen MR) is 107 cm³/mol. The van der Waals surface area contributed by atoms with Gasteiger partial charge in [-0.2, -0.15) is 0 Å². The molecule has 0 spiro atoms. The third-order valence-electron chi connectivity index (χ3n) is 4.53. The SMILES string of the molecule is CCOc1cc(CNC(=O)NCc2ccc(CN3CCOCC3)cc2)ccn1. The Hall–Kier alpha value is -2.64. The zero-order valence-corrected chi connectivity index (χ0v) is 16.3. The lowest BCUT2D eigenvalue weighted by molar-refractivity contribution is 0.0342. The lowest BCUT2D eigenvalue weighted by atomic mass is 10.1. The maximum absolute atomic E-state index is 12.0. The standard InChI is InChI=1S/C21H28N4O3/c1-2-28-20-13-19(7-8-22-20)15-24-21(26)23-14-17-3-5-18(6-4-17)16-25-9-11-27-12-10-25/h3-8,13H,2,9-12,14-16H2,1H3,(H2,23,24,26). The minimum Gasteiger partial charge on any atom is -0.478 e. The van der Waals surface area contributed by atoms with Gasteiger partial charge in [0.05, 0.1) is 19.8 Å². The van der Waals surface area contributed by atoms with Crippen molar-refractivity contribution < 1.29 is 14.3 Å². The second kappa shape index (κ2) is 10.6. The lowest BCUT2D eigenvalue weighted by Crippen LogP contribution is -2.35. The normalized spacial score (nSPS) is 14.5. The van der Waals surface area contributed by atoms with E-state index < -0.39 is 0 Å². The van der Waals surface area contributed by atoms with Crippen LogP contribution in [0.2, 0.25) is 0 Å². The summed E-state index contributed by atoms with van der Waals surface area (Å²) in [5, 5.41) is 5.74. The molecule has 0 unspecified atom stereocenters. The molecule has 0 radical (unpaired) electrons. The zero-order chi connectivity index (χ0) is 19.6. The first-order valence-corrected chi connectivity index (χ1v) is 9.70. The highest BCUT2D eigenvalue weighted by Crippen LogP contribution is 2.10. The third kappa shape index (κ3) is 6.51. The van der Waals surface area contributed by atoms with E-state index in [0.29, 0.717) is 25.6 Å². The quantitative estimate of drug-likeness (QED) is 0.731. The number of benzene rings is 1. The van der Waals surface area contributed by atoms with Crippen LogP contribution in [0, 0.1) is 0 Å². The van der Waals surface area contributed by atoms with Gasteiger partial charge in [-0.15, -0.1) is 0 Å². The van der Waals surface area contributed by atoms with E-state index in [0.717, 1.165) is 44.0 Å². The number of amides is 2. The molecule has 0 bridgehead atoms. The number of aromatic nitrogens is 1. The van der Waals surface area contributed by atoms with Crippen molar-refractivity contribution in [3.63, 3.8) is 0 Å². The average Bonchev–Trinajstić information content (AvgIpc) is 2.73. The Bertz CT molecular complexity index is 746. The number of urea groups is 1. The summed E-state index contributed by atoms with van der Waals surface area (Å²) in [5.74, 6) is 0.569. The monoisotopic (exact) mass is 384 g/mol. The number of carbonyl (C=O) groups is 1.